The highest BCUT2D eigenvalue weighted by atomic mass is 16.8. The number of aliphatic hydroxyl groups is 4. The maximum absolute atomic E-state index is 14.3. The fourth-order valence-electron chi connectivity index (χ4n) is 7.94. The summed E-state index contributed by atoms with van der Waals surface area (Å²) in [6, 6.07) is 0. The average Bonchev–Trinajstić information content (AvgIpc) is 3.12. The van der Waals surface area contributed by atoms with E-state index in [0.29, 0.717) is 0 Å². The highest BCUT2D eigenvalue weighted by Crippen LogP contribution is 2.83. The molecule has 8 nitrogen and oxygen atoms in total. The van der Waals surface area contributed by atoms with Gasteiger partial charge < -0.3 is 29.9 Å². The number of rotatable bonds is 4. The van der Waals surface area contributed by atoms with E-state index in [0.717, 1.165) is 0 Å². The van der Waals surface area contributed by atoms with Gasteiger partial charge in [0.1, 0.15) is 22.7 Å². The van der Waals surface area contributed by atoms with Crippen molar-refractivity contribution in [3.05, 3.63) is 71.3 Å². The summed E-state index contributed by atoms with van der Waals surface area (Å²) in [7, 11) is 0. The van der Waals surface area contributed by atoms with Crippen LogP contribution in [0.25, 0.3) is 0 Å². The van der Waals surface area contributed by atoms with Crippen LogP contribution in [-0.4, -0.2) is 54.8 Å². The van der Waals surface area contributed by atoms with E-state index in [4.69, 9.17) is 9.47 Å². The maximum atomic E-state index is 14.3. The number of ether oxygens (including phenoxy) is 2. The molecule has 0 spiro atoms. The van der Waals surface area contributed by atoms with Crippen LogP contribution in [0.3, 0.4) is 0 Å². The lowest BCUT2D eigenvalue weighted by Crippen LogP contribution is -2.74. The van der Waals surface area contributed by atoms with Crippen LogP contribution in [0.15, 0.2) is 71.3 Å². The Hall–Kier alpha value is -2.78. The molecule has 0 unspecified atom stereocenters. The third kappa shape index (κ3) is 2.15. The first-order chi connectivity index (χ1) is 16.7. The number of carbonyl (C=O) groups is 2. The molecule has 8 atom stereocenters. The van der Waals surface area contributed by atoms with Gasteiger partial charge in [-0.05, 0) is 53.7 Å². The van der Waals surface area contributed by atoms with Crippen molar-refractivity contribution in [2.24, 2.45) is 22.7 Å². The first-order valence-corrected chi connectivity index (χ1v) is 12.1. The third-order valence-corrected chi connectivity index (χ3v) is 9.41. The van der Waals surface area contributed by atoms with E-state index in [1.807, 2.05) is 0 Å². The number of carbonyl (C=O) groups excluding carboxylic acids is 2. The molecule has 36 heavy (non-hydrogen) atoms. The van der Waals surface area contributed by atoms with Crippen molar-refractivity contribution in [3.8, 4) is 0 Å². The van der Waals surface area contributed by atoms with Gasteiger partial charge in [0, 0.05) is 23.0 Å². The standard InChI is InChI=1S/C28H32O8/c1-7-9-11-13-15(29)17-19-23(3)22(32)18(16(30)14-12-10-8-2)20-24(4,21(17)31)28(34)25(19,5)35-27(23,33)26(20,6)36-28/h7-14,19-20,29-30,33-34H,1-6H3/b9-7+,10-8+,13-11+,14-12+,17-15-,18-16+/t19-,20+,23-,24-,25+,26+,27-,28-/m1/s1. The summed E-state index contributed by atoms with van der Waals surface area (Å²) >= 11 is 0. The van der Waals surface area contributed by atoms with Gasteiger partial charge in [-0.2, -0.15) is 0 Å². The number of allylic oxidation sites excluding steroid dienone is 8. The fraction of sp³-hybridized carbons (Fsp3) is 0.500. The molecule has 3 saturated carbocycles. The van der Waals surface area contributed by atoms with Gasteiger partial charge in [-0.3, -0.25) is 9.59 Å². The Labute approximate surface area is 209 Å². The number of hydrogen-bond donors (Lipinski definition) is 4. The molecule has 8 bridgehead atoms. The smallest absolute Gasteiger partial charge is 0.210 e. The second-order valence-electron chi connectivity index (χ2n) is 11.0. The summed E-state index contributed by atoms with van der Waals surface area (Å²) in [6.07, 6.45) is 12.6. The van der Waals surface area contributed by atoms with Crippen molar-refractivity contribution in [1.29, 1.82) is 0 Å². The van der Waals surface area contributed by atoms with Gasteiger partial charge in [-0.1, -0.05) is 36.5 Å². The lowest BCUT2D eigenvalue weighted by molar-refractivity contribution is -0.450. The Balaban J connectivity index is 1.93. The zero-order chi connectivity index (χ0) is 26.7. The summed E-state index contributed by atoms with van der Waals surface area (Å²) in [4.78, 5) is 28.7. The Kier molecular flexibility index (Phi) is 4.81. The largest absolute Gasteiger partial charge is 0.508 e. The highest BCUT2D eigenvalue weighted by Gasteiger charge is 2.99. The van der Waals surface area contributed by atoms with E-state index in [1.54, 1.807) is 50.3 Å². The molecular formula is C28H32O8. The van der Waals surface area contributed by atoms with Crippen LogP contribution in [0.1, 0.15) is 41.5 Å². The zero-order valence-corrected chi connectivity index (χ0v) is 21.2. The van der Waals surface area contributed by atoms with Crippen LogP contribution in [0.4, 0.5) is 0 Å². The molecule has 192 valence electrons. The maximum Gasteiger partial charge on any atom is 0.210 e. The Bertz CT molecular complexity index is 1190. The average molecular weight is 497 g/mol. The summed E-state index contributed by atoms with van der Waals surface area (Å²) in [6.45, 7) is 9.48. The lowest BCUT2D eigenvalue weighted by atomic mass is 9.39. The van der Waals surface area contributed by atoms with Crippen molar-refractivity contribution >= 4 is 11.6 Å². The van der Waals surface area contributed by atoms with Crippen LogP contribution < -0.4 is 0 Å². The topological polar surface area (TPSA) is 134 Å². The van der Waals surface area contributed by atoms with Gasteiger partial charge in [-0.15, -0.1) is 0 Å². The minimum absolute atomic E-state index is 0.113. The van der Waals surface area contributed by atoms with Crippen molar-refractivity contribution in [3.63, 3.8) is 0 Å². The minimum atomic E-state index is -2.26. The fourth-order valence-corrected chi connectivity index (χ4v) is 7.94. The van der Waals surface area contributed by atoms with Gasteiger partial charge >= 0.3 is 0 Å². The first-order valence-electron chi connectivity index (χ1n) is 12.1. The molecule has 8 heteroatoms. The summed E-state index contributed by atoms with van der Waals surface area (Å²) < 4.78 is 12.5. The molecule has 0 amide bonds. The lowest BCUT2D eigenvalue weighted by Gasteiger charge is -2.58. The molecular weight excluding hydrogens is 464 g/mol. The van der Waals surface area contributed by atoms with E-state index in [9.17, 15) is 30.0 Å². The van der Waals surface area contributed by atoms with Gasteiger partial charge in [-0.25, -0.2) is 0 Å². The molecule has 2 heterocycles. The predicted octanol–water partition coefficient (Wildman–Crippen LogP) is 3.25. The van der Waals surface area contributed by atoms with Gasteiger partial charge in [0.2, 0.25) is 11.6 Å². The number of hydrogen-bond acceptors (Lipinski definition) is 8. The van der Waals surface area contributed by atoms with Crippen LogP contribution in [0, 0.1) is 22.7 Å². The van der Waals surface area contributed by atoms with Crippen LogP contribution >= 0.6 is 0 Å². The van der Waals surface area contributed by atoms with E-state index in [2.05, 4.69) is 0 Å². The number of aliphatic hydroxyl groups excluding tert-OH is 2. The van der Waals surface area contributed by atoms with Crippen molar-refractivity contribution in [2.75, 3.05) is 0 Å². The van der Waals surface area contributed by atoms with Crippen LogP contribution in [-0.2, 0) is 19.1 Å². The molecule has 5 fully saturated rings. The molecule has 5 aliphatic rings. The van der Waals surface area contributed by atoms with Crippen molar-refractivity contribution in [2.45, 2.75) is 64.3 Å². The van der Waals surface area contributed by atoms with Crippen LogP contribution in [0.5, 0.6) is 0 Å². The second kappa shape index (κ2) is 6.95. The summed E-state index contributed by atoms with van der Waals surface area (Å²) in [5, 5.41) is 46.6. The van der Waals surface area contributed by atoms with Gasteiger partial charge in [0.15, 0.2) is 11.6 Å². The summed E-state index contributed by atoms with van der Waals surface area (Å²) in [5.74, 6) is -9.12. The zero-order valence-electron chi connectivity index (χ0n) is 21.2. The first kappa shape index (κ1) is 24.9. The Morgan fingerprint density at radius 2 is 1.03 bits per heavy atom. The molecule has 0 aromatic rings. The van der Waals surface area contributed by atoms with Crippen molar-refractivity contribution < 1.29 is 39.5 Å². The van der Waals surface area contributed by atoms with Gasteiger partial charge in [0.25, 0.3) is 0 Å². The molecule has 0 radical (unpaired) electrons. The van der Waals surface area contributed by atoms with Crippen molar-refractivity contribution in [1.82, 2.24) is 0 Å². The number of ketones is 2. The Morgan fingerprint density at radius 3 is 1.33 bits per heavy atom. The molecule has 0 aromatic heterocycles. The second-order valence-corrected chi connectivity index (χ2v) is 11.0. The normalized spacial score (nSPS) is 51.8. The molecule has 4 N–H and O–H groups in total. The minimum Gasteiger partial charge on any atom is -0.508 e. The third-order valence-electron chi connectivity index (χ3n) is 9.41. The molecule has 0 aromatic carbocycles. The van der Waals surface area contributed by atoms with Crippen LogP contribution in [0.2, 0.25) is 0 Å². The monoisotopic (exact) mass is 496 g/mol. The number of Topliss-reactive ketones (excluding diaryl/α,β-unsaturated/α-hetero) is 2. The quantitative estimate of drug-likeness (QED) is 0.265. The molecule has 2 aliphatic heterocycles. The van der Waals surface area contributed by atoms with E-state index >= 15 is 0 Å². The molecule has 2 saturated heterocycles. The molecule has 3 aliphatic carbocycles. The highest BCUT2D eigenvalue weighted by molar-refractivity contribution is 6.13. The van der Waals surface area contributed by atoms with E-state index < -0.39 is 57.0 Å². The van der Waals surface area contributed by atoms with E-state index in [-0.39, 0.29) is 22.7 Å². The SMILES string of the molecule is C/C=C/C=C/C(O)=C1/C(=O)[C@@]2(C)[C@@H]3/C(=C(O)/C=C/C=C/C)C(=O)[C@@]4(C)[C@@H]1[C@]1(C)O[C@@]4(O)[C@@]3(C)O[C@@]12O. The van der Waals surface area contributed by atoms with Gasteiger partial charge in [0.05, 0.1) is 10.8 Å². The predicted molar refractivity (Wildman–Crippen MR) is 129 cm³/mol. The summed E-state index contributed by atoms with van der Waals surface area (Å²) in [5.41, 5.74) is -7.52. The molecule has 5 rings (SSSR count). The Morgan fingerprint density at radius 1 is 0.694 bits per heavy atom. The van der Waals surface area contributed by atoms with E-state index in [1.165, 1.54) is 39.8 Å².